The topological polar surface area (TPSA) is 52.6 Å². The zero-order valence-corrected chi connectivity index (χ0v) is 13.8. The fourth-order valence-electron chi connectivity index (χ4n) is 2.32. The van der Waals surface area contributed by atoms with Crippen LogP contribution in [-0.2, 0) is 19.1 Å². The summed E-state index contributed by atoms with van der Waals surface area (Å²) in [5, 5.41) is 0. The molecular formula is C16H30O4. The molecule has 0 N–H and O–H groups in total. The number of hydrogen-bond acceptors (Lipinski definition) is 4. The first-order valence-corrected chi connectivity index (χ1v) is 7.66. The lowest BCUT2D eigenvalue weighted by atomic mass is 9.81. The summed E-state index contributed by atoms with van der Waals surface area (Å²) in [6, 6.07) is 0. The monoisotopic (exact) mass is 286 g/mol. The van der Waals surface area contributed by atoms with E-state index in [-0.39, 0.29) is 13.2 Å². The summed E-state index contributed by atoms with van der Waals surface area (Å²) < 4.78 is 10.0. The Kier molecular flexibility index (Phi) is 9.26. The van der Waals surface area contributed by atoms with Gasteiger partial charge in [0.05, 0.1) is 13.2 Å². The maximum atomic E-state index is 12.0. The SMILES string of the molecule is CCOC(=O)C(CC(CC(C)C)C(C)C)C(=O)OCC. The molecule has 0 rings (SSSR count). The van der Waals surface area contributed by atoms with Crippen LogP contribution in [0.1, 0.15) is 54.4 Å². The Labute approximate surface area is 123 Å². The van der Waals surface area contributed by atoms with Gasteiger partial charge in [0, 0.05) is 0 Å². The Balaban J connectivity index is 4.91. The minimum Gasteiger partial charge on any atom is -0.465 e. The van der Waals surface area contributed by atoms with Crippen molar-refractivity contribution in [1.29, 1.82) is 0 Å². The van der Waals surface area contributed by atoms with Crippen molar-refractivity contribution in [1.82, 2.24) is 0 Å². The highest BCUT2D eigenvalue weighted by molar-refractivity contribution is 5.94. The van der Waals surface area contributed by atoms with Crippen LogP contribution >= 0.6 is 0 Å². The quantitative estimate of drug-likeness (QED) is 0.481. The minimum atomic E-state index is -0.791. The maximum absolute atomic E-state index is 12.0. The molecule has 1 unspecified atom stereocenters. The van der Waals surface area contributed by atoms with E-state index in [0.717, 1.165) is 6.42 Å². The number of carbonyl (C=O) groups excluding carboxylic acids is 2. The predicted molar refractivity (Wildman–Crippen MR) is 79.2 cm³/mol. The smallest absolute Gasteiger partial charge is 0.320 e. The molecule has 20 heavy (non-hydrogen) atoms. The van der Waals surface area contributed by atoms with Gasteiger partial charge in [0.25, 0.3) is 0 Å². The Morgan fingerprint density at radius 3 is 1.60 bits per heavy atom. The Hall–Kier alpha value is -1.06. The fourth-order valence-corrected chi connectivity index (χ4v) is 2.32. The Morgan fingerprint density at radius 1 is 0.850 bits per heavy atom. The zero-order valence-electron chi connectivity index (χ0n) is 13.8. The highest BCUT2D eigenvalue weighted by atomic mass is 16.6. The van der Waals surface area contributed by atoms with Crippen LogP contribution in [0, 0.1) is 23.7 Å². The molecule has 0 aromatic heterocycles. The summed E-state index contributed by atoms with van der Waals surface area (Å²) in [6.45, 7) is 12.6. The molecule has 0 aliphatic rings. The van der Waals surface area contributed by atoms with Crippen LogP contribution in [-0.4, -0.2) is 25.2 Å². The van der Waals surface area contributed by atoms with Crippen molar-refractivity contribution in [3.8, 4) is 0 Å². The number of hydrogen-bond donors (Lipinski definition) is 0. The van der Waals surface area contributed by atoms with Gasteiger partial charge in [-0.25, -0.2) is 0 Å². The second kappa shape index (κ2) is 9.78. The molecule has 1 atom stereocenters. The first-order valence-electron chi connectivity index (χ1n) is 7.66. The highest BCUT2D eigenvalue weighted by Gasteiger charge is 2.33. The van der Waals surface area contributed by atoms with Crippen LogP contribution in [0.25, 0.3) is 0 Å². The van der Waals surface area contributed by atoms with E-state index in [4.69, 9.17) is 9.47 Å². The molecule has 0 aromatic carbocycles. The van der Waals surface area contributed by atoms with Crippen molar-refractivity contribution >= 4 is 11.9 Å². The van der Waals surface area contributed by atoms with Crippen molar-refractivity contribution in [2.75, 3.05) is 13.2 Å². The molecule has 0 amide bonds. The summed E-state index contributed by atoms with van der Waals surface area (Å²) in [5.74, 6) is -0.438. The first-order chi connectivity index (χ1) is 9.33. The van der Waals surface area contributed by atoms with E-state index in [9.17, 15) is 9.59 Å². The average molecular weight is 286 g/mol. The van der Waals surface area contributed by atoms with Crippen molar-refractivity contribution in [2.45, 2.75) is 54.4 Å². The lowest BCUT2D eigenvalue weighted by Crippen LogP contribution is -2.31. The van der Waals surface area contributed by atoms with Gasteiger partial charge < -0.3 is 9.47 Å². The van der Waals surface area contributed by atoms with Crippen LogP contribution in [0.5, 0.6) is 0 Å². The third-order valence-corrected chi connectivity index (χ3v) is 3.40. The third kappa shape index (κ3) is 6.92. The van der Waals surface area contributed by atoms with Gasteiger partial charge in [-0.05, 0) is 44.4 Å². The number of rotatable bonds is 9. The van der Waals surface area contributed by atoms with Gasteiger partial charge in [-0.2, -0.15) is 0 Å². The van der Waals surface area contributed by atoms with Gasteiger partial charge in [-0.15, -0.1) is 0 Å². The van der Waals surface area contributed by atoms with Crippen LogP contribution < -0.4 is 0 Å². The Morgan fingerprint density at radius 2 is 1.30 bits per heavy atom. The molecule has 118 valence electrons. The van der Waals surface area contributed by atoms with Gasteiger partial charge in [0.15, 0.2) is 5.92 Å². The number of esters is 2. The second-order valence-electron chi connectivity index (χ2n) is 5.93. The predicted octanol–water partition coefficient (Wildman–Crippen LogP) is 3.44. The maximum Gasteiger partial charge on any atom is 0.320 e. The summed E-state index contributed by atoms with van der Waals surface area (Å²) in [7, 11) is 0. The lowest BCUT2D eigenvalue weighted by molar-refractivity contribution is -0.162. The van der Waals surface area contributed by atoms with Gasteiger partial charge in [0.2, 0.25) is 0 Å². The second-order valence-corrected chi connectivity index (χ2v) is 5.93. The molecular weight excluding hydrogens is 256 g/mol. The van der Waals surface area contributed by atoms with Crippen LogP contribution in [0.2, 0.25) is 0 Å². The largest absolute Gasteiger partial charge is 0.465 e. The van der Waals surface area contributed by atoms with E-state index in [0.29, 0.717) is 24.2 Å². The fraction of sp³-hybridized carbons (Fsp3) is 0.875. The Bertz CT molecular complexity index is 279. The van der Waals surface area contributed by atoms with E-state index in [1.54, 1.807) is 13.8 Å². The summed E-state index contributed by atoms with van der Waals surface area (Å²) in [6.07, 6.45) is 1.50. The van der Waals surface area contributed by atoms with E-state index in [2.05, 4.69) is 27.7 Å². The minimum absolute atomic E-state index is 0.283. The van der Waals surface area contributed by atoms with Crippen molar-refractivity contribution in [3.05, 3.63) is 0 Å². The van der Waals surface area contributed by atoms with Crippen molar-refractivity contribution < 1.29 is 19.1 Å². The third-order valence-electron chi connectivity index (χ3n) is 3.40. The number of carbonyl (C=O) groups is 2. The highest BCUT2D eigenvalue weighted by Crippen LogP contribution is 2.28. The molecule has 0 bridgehead atoms. The molecule has 0 radical (unpaired) electrons. The normalized spacial score (nSPS) is 12.8. The molecule has 0 aliphatic heterocycles. The molecule has 0 aliphatic carbocycles. The van der Waals surface area contributed by atoms with Crippen LogP contribution in [0.3, 0.4) is 0 Å². The molecule has 4 heteroatoms. The summed E-state index contributed by atoms with van der Waals surface area (Å²) >= 11 is 0. The molecule has 0 aromatic rings. The van der Waals surface area contributed by atoms with E-state index >= 15 is 0 Å². The molecule has 0 heterocycles. The van der Waals surface area contributed by atoms with Crippen LogP contribution in [0.4, 0.5) is 0 Å². The zero-order chi connectivity index (χ0) is 15.7. The molecule has 4 nitrogen and oxygen atoms in total. The van der Waals surface area contributed by atoms with Crippen LogP contribution in [0.15, 0.2) is 0 Å². The van der Waals surface area contributed by atoms with Crippen molar-refractivity contribution in [2.24, 2.45) is 23.7 Å². The van der Waals surface area contributed by atoms with Gasteiger partial charge >= 0.3 is 11.9 Å². The van der Waals surface area contributed by atoms with Crippen molar-refractivity contribution in [3.63, 3.8) is 0 Å². The van der Waals surface area contributed by atoms with Gasteiger partial charge in [-0.1, -0.05) is 27.7 Å². The molecule has 0 spiro atoms. The first kappa shape index (κ1) is 18.9. The molecule has 0 fully saturated rings. The average Bonchev–Trinajstić information content (AvgIpc) is 2.33. The lowest BCUT2D eigenvalue weighted by Gasteiger charge is -2.25. The number of ether oxygens (including phenoxy) is 2. The summed E-state index contributed by atoms with van der Waals surface area (Å²) in [4.78, 5) is 24.0. The summed E-state index contributed by atoms with van der Waals surface area (Å²) in [5.41, 5.74) is 0. The molecule has 0 saturated carbocycles. The van der Waals surface area contributed by atoms with E-state index < -0.39 is 17.9 Å². The van der Waals surface area contributed by atoms with E-state index in [1.807, 2.05) is 0 Å². The van der Waals surface area contributed by atoms with Gasteiger partial charge in [-0.3, -0.25) is 9.59 Å². The van der Waals surface area contributed by atoms with Gasteiger partial charge in [0.1, 0.15) is 0 Å². The standard InChI is InChI=1S/C16H30O4/c1-7-19-15(17)14(16(18)20-8-2)10-13(12(5)6)9-11(3)4/h11-14H,7-10H2,1-6H3. The molecule has 0 saturated heterocycles. The van der Waals surface area contributed by atoms with E-state index in [1.165, 1.54) is 0 Å².